The van der Waals surface area contributed by atoms with E-state index in [4.69, 9.17) is 9.47 Å². The maximum Gasteiger partial charge on any atom is 0.313 e. The Morgan fingerprint density at radius 3 is 2.42 bits per heavy atom. The van der Waals surface area contributed by atoms with Crippen molar-refractivity contribution < 1.29 is 33.8 Å². The van der Waals surface area contributed by atoms with E-state index in [1.54, 1.807) is 24.0 Å². The fourth-order valence-corrected chi connectivity index (χ4v) is 8.17. The first-order chi connectivity index (χ1) is 24.1. The minimum atomic E-state index is -1.46. The molecule has 0 saturated carbocycles. The van der Waals surface area contributed by atoms with Gasteiger partial charge in [-0.15, -0.1) is 0 Å². The molecule has 10 nitrogen and oxygen atoms in total. The number of nitrogens with one attached hydrogen (secondary N) is 1. The van der Waals surface area contributed by atoms with Gasteiger partial charge in [0.1, 0.15) is 23.7 Å². The molecule has 2 fully saturated rings. The minimum absolute atomic E-state index is 0.161. The van der Waals surface area contributed by atoms with Gasteiger partial charge in [-0.3, -0.25) is 19.2 Å². The number of carbonyl (C=O) groups is 4. The van der Waals surface area contributed by atoms with Gasteiger partial charge in [0.05, 0.1) is 30.7 Å². The summed E-state index contributed by atoms with van der Waals surface area (Å²) in [4.78, 5) is 60.5. The number of fused-ring (bicyclic) bond motifs is 3. The van der Waals surface area contributed by atoms with Crippen LogP contribution in [0.2, 0.25) is 0 Å². The zero-order chi connectivity index (χ0) is 35.2. The smallest absolute Gasteiger partial charge is 0.313 e. The van der Waals surface area contributed by atoms with Gasteiger partial charge in [-0.25, -0.2) is 0 Å². The van der Waals surface area contributed by atoms with E-state index in [0.717, 1.165) is 10.8 Å². The summed E-state index contributed by atoms with van der Waals surface area (Å²) in [6.07, 6.45) is 6.22. The van der Waals surface area contributed by atoms with Crippen molar-refractivity contribution in [1.82, 2.24) is 10.2 Å². The van der Waals surface area contributed by atoms with Gasteiger partial charge in [-0.1, -0.05) is 98.8 Å². The quantitative estimate of drug-likeness (QED) is 0.302. The number of cyclic esters (lactones) is 1. The summed E-state index contributed by atoms with van der Waals surface area (Å²) in [5.41, 5.74) is -0.141. The molecule has 260 valence electrons. The molecule has 4 aliphatic rings. The zero-order valence-corrected chi connectivity index (χ0v) is 28.5. The molecule has 2 N–H and O–H groups in total. The van der Waals surface area contributed by atoms with Crippen molar-refractivity contribution in [3.63, 3.8) is 0 Å². The van der Waals surface area contributed by atoms with Gasteiger partial charge in [0.15, 0.2) is 0 Å². The van der Waals surface area contributed by atoms with Crippen molar-refractivity contribution in [1.29, 1.82) is 0 Å². The number of rotatable bonds is 5. The lowest BCUT2D eigenvalue weighted by Gasteiger charge is -2.40. The number of likely N-dealkylation sites (tertiary alicyclic amines) is 1. The Balaban J connectivity index is 1.36. The van der Waals surface area contributed by atoms with Gasteiger partial charge in [-0.05, 0) is 47.7 Å². The van der Waals surface area contributed by atoms with Gasteiger partial charge in [0.2, 0.25) is 11.8 Å². The fraction of sp³-hybridized carbons (Fsp3) is 0.400. The molecule has 0 aliphatic carbocycles. The highest BCUT2D eigenvalue weighted by Gasteiger charge is 2.74. The Kier molecular flexibility index (Phi) is 9.09. The zero-order valence-electron chi connectivity index (χ0n) is 28.5. The summed E-state index contributed by atoms with van der Waals surface area (Å²) < 4.78 is 12.9. The van der Waals surface area contributed by atoms with Crippen LogP contribution in [0, 0.1) is 17.8 Å². The van der Waals surface area contributed by atoms with Crippen LogP contribution in [0.25, 0.3) is 10.8 Å². The number of benzene rings is 3. The van der Waals surface area contributed by atoms with Crippen LogP contribution in [0.15, 0.2) is 97.1 Å². The largest absolute Gasteiger partial charge is 0.455 e. The summed E-state index contributed by atoms with van der Waals surface area (Å²) >= 11 is 0. The highest BCUT2D eigenvalue weighted by atomic mass is 16.6. The SMILES string of the molecule is CC(C)[C@H](CO)N1C(=O)[C@@H]2[C@H]3C(=O)O[C@@H](c4ccccc4)[C@H](C)NC(=O)CC/C=C\CN(c4ccc5ccccc5c4)C(=O)[C@@H]1[C@]21C=C[C@H]3O1. The summed E-state index contributed by atoms with van der Waals surface area (Å²) in [5, 5.41) is 15.6. The second-order valence-electron chi connectivity index (χ2n) is 14.1. The average molecular weight is 678 g/mol. The van der Waals surface area contributed by atoms with E-state index in [2.05, 4.69) is 5.32 Å². The van der Waals surface area contributed by atoms with E-state index >= 15 is 4.79 Å². The molecule has 50 heavy (non-hydrogen) atoms. The van der Waals surface area contributed by atoms with Crippen LogP contribution < -0.4 is 10.2 Å². The topological polar surface area (TPSA) is 125 Å². The lowest BCUT2D eigenvalue weighted by atomic mass is 9.74. The summed E-state index contributed by atoms with van der Waals surface area (Å²) in [6, 6.07) is 20.3. The van der Waals surface area contributed by atoms with Crippen LogP contribution in [0.3, 0.4) is 0 Å². The van der Waals surface area contributed by atoms with Crippen LogP contribution in [0.1, 0.15) is 45.3 Å². The number of ether oxygens (including phenoxy) is 2. The van der Waals surface area contributed by atoms with Crippen molar-refractivity contribution in [2.75, 3.05) is 18.1 Å². The van der Waals surface area contributed by atoms with E-state index in [9.17, 15) is 19.5 Å². The number of allylic oxidation sites excluding steroid dienone is 1. The Morgan fingerprint density at radius 1 is 0.940 bits per heavy atom. The second-order valence-corrected chi connectivity index (χ2v) is 14.1. The van der Waals surface area contributed by atoms with E-state index in [1.807, 2.05) is 98.8 Å². The first-order valence-electron chi connectivity index (χ1n) is 17.4. The molecular weight excluding hydrogens is 634 g/mol. The van der Waals surface area contributed by atoms with Crippen molar-refractivity contribution >= 4 is 40.2 Å². The number of carbonyl (C=O) groups excluding carboxylic acids is 4. The van der Waals surface area contributed by atoms with E-state index in [-0.39, 0.29) is 31.4 Å². The Hall–Kier alpha value is -4.80. The van der Waals surface area contributed by atoms with Gasteiger partial charge >= 0.3 is 5.97 Å². The molecule has 7 rings (SSSR count). The molecule has 3 aromatic carbocycles. The van der Waals surface area contributed by atoms with Crippen molar-refractivity contribution in [3.05, 3.63) is 103 Å². The number of hydrogen-bond acceptors (Lipinski definition) is 7. The van der Waals surface area contributed by atoms with Crippen molar-refractivity contribution in [3.8, 4) is 0 Å². The third kappa shape index (κ3) is 5.70. The predicted molar refractivity (Wildman–Crippen MR) is 188 cm³/mol. The first kappa shape index (κ1) is 33.7. The molecule has 5 bridgehead atoms. The Bertz CT molecular complexity index is 1860. The van der Waals surface area contributed by atoms with Crippen LogP contribution >= 0.6 is 0 Å². The second kappa shape index (κ2) is 13.5. The van der Waals surface area contributed by atoms with E-state index < -0.39 is 65.6 Å². The molecule has 0 unspecified atom stereocenters. The van der Waals surface area contributed by atoms with Gasteiger partial charge in [-0.2, -0.15) is 0 Å². The lowest BCUT2D eigenvalue weighted by molar-refractivity contribution is -0.161. The van der Waals surface area contributed by atoms with Gasteiger partial charge in [0.25, 0.3) is 5.91 Å². The molecule has 4 aliphatic heterocycles. The molecule has 8 atom stereocenters. The van der Waals surface area contributed by atoms with Crippen LogP contribution in [-0.2, 0) is 28.7 Å². The normalized spacial score (nSPS) is 31.2. The van der Waals surface area contributed by atoms with Crippen LogP contribution in [-0.4, -0.2) is 76.7 Å². The molecule has 0 aromatic heterocycles. The third-order valence-corrected chi connectivity index (χ3v) is 10.6. The van der Waals surface area contributed by atoms with Crippen LogP contribution in [0.5, 0.6) is 0 Å². The highest BCUT2D eigenvalue weighted by molar-refractivity contribution is 6.06. The van der Waals surface area contributed by atoms with E-state index in [0.29, 0.717) is 17.7 Å². The number of aliphatic hydroxyl groups excluding tert-OH is 1. The number of nitrogens with zero attached hydrogens (tertiary/aromatic N) is 2. The van der Waals surface area contributed by atoms with Crippen molar-refractivity contribution in [2.24, 2.45) is 17.8 Å². The van der Waals surface area contributed by atoms with E-state index in [1.165, 1.54) is 4.90 Å². The number of anilines is 1. The molecule has 2 saturated heterocycles. The highest BCUT2D eigenvalue weighted by Crippen LogP contribution is 2.56. The molecule has 3 amide bonds. The fourth-order valence-electron chi connectivity index (χ4n) is 8.17. The molecule has 1 spiro atoms. The minimum Gasteiger partial charge on any atom is -0.455 e. The number of hydrogen-bond donors (Lipinski definition) is 2. The Labute approximate surface area is 291 Å². The van der Waals surface area contributed by atoms with Crippen molar-refractivity contribution in [2.45, 2.75) is 69.5 Å². The average Bonchev–Trinajstić information content (AvgIpc) is 3.76. The maximum absolute atomic E-state index is 15.2. The molecule has 0 radical (unpaired) electrons. The first-order valence-corrected chi connectivity index (χ1v) is 17.4. The lowest BCUT2D eigenvalue weighted by Crippen LogP contribution is -2.59. The number of amides is 3. The molecule has 10 heteroatoms. The maximum atomic E-state index is 15.2. The molecule has 3 aromatic rings. The van der Waals surface area contributed by atoms with Gasteiger partial charge in [0, 0.05) is 18.7 Å². The standard InChI is InChI=1S/C40H43N3O7/c1-24(2)30(23-44)43-36-38(47)42(29-18-17-26-12-9-10-15-28(26)22-29)21-11-5-8-16-32(45)41-25(3)35(27-13-6-4-7-14-27)49-39(48)33-31-19-20-40(36,50-31)34(33)37(43)46/h4-7,9-15,17-20,22,24-25,30-31,33-36,44H,8,16,21,23H2,1-3H3,(H,41,45)/b11-5-/t25-,30-,31+,33-,34-,35+,36+,40-/m0/s1. The number of esters is 1. The third-order valence-electron chi connectivity index (χ3n) is 10.6. The Morgan fingerprint density at radius 2 is 1.68 bits per heavy atom. The summed E-state index contributed by atoms with van der Waals surface area (Å²) in [5.74, 6) is -3.99. The monoisotopic (exact) mass is 677 g/mol. The van der Waals surface area contributed by atoms with Gasteiger partial charge < -0.3 is 29.7 Å². The summed E-state index contributed by atoms with van der Waals surface area (Å²) in [6.45, 7) is 5.36. The predicted octanol–water partition coefficient (Wildman–Crippen LogP) is 4.48. The molecule has 4 heterocycles. The molecular formula is C40H43N3O7. The summed E-state index contributed by atoms with van der Waals surface area (Å²) in [7, 11) is 0. The number of aliphatic hydroxyl groups is 1. The van der Waals surface area contributed by atoms with Crippen LogP contribution in [0.4, 0.5) is 5.69 Å².